The van der Waals surface area contributed by atoms with Crippen LogP contribution in [-0.2, 0) is 0 Å². The molecule has 106 valence electrons. The molecule has 3 rings (SSSR count). The van der Waals surface area contributed by atoms with Crippen LogP contribution in [0.3, 0.4) is 0 Å². The van der Waals surface area contributed by atoms with E-state index < -0.39 is 0 Å². The lowest BCUT2D eigenvalue weighted by Crippen LogP contribution is -2.10. The molecule has 0 saturated carbocycles. The number of imidazole rings is 1. The Morgan fingerprint density at radius 2 is 1.71 bits per heavy atom. The molecule has 0 fully saturated rings. The number of halogens is 1. The van der Waals surface area contributed by atoms with Gasteiger partial charge in [-0.25, -0.2) is 4.68 Å². The summed E-state index contributed by atoms with van der Waals surface area (Å²) in [4.78, 5) is 3.20. The van der Waals surface area contributed by atoms with Gasteiger partial charge in [0.1, 0.15) is 0 Å². The van der Waals surface area contributed by atoms with Crippen LogP contribution in [0.1, 0.15) is 5.69 Å². The number of hydrogen-bond donors (Lipinski definition) is 2. The van der Waals surface area contributed by atoms with Crippen molar-refractivity contribution in [3.8, 4) is 11.3 Å². The minimum Gasteiger partial charge on any atom is -0.333 e. The molecule has 0 saturated heterocycles. The van der Waals surface area contributed by atoms with Gasteiger partial charge in [-0.2, -0.15) is 0 Å². The SMILES string of the molecule is Cc1[nH]c(=S)n(Nc2ccc(Cl)cc2)c1-c1ccccc1. The molecular weight excluding hydrogens is 302 g/mol. The molecule has 1 aromatic heterocycles. The summed E-state index contributed by atoms with van der Waals surface area (Å²) in [6, 6.07) is 17.7. The summed E-state index contributed by atoms with van der Waals surface area (Å²) in [6.07, 6.45) is 0. The Bertz CT molecular complexity index is 804. The van der Waals surface area contributed by atoms with Gasteiger partial charge in [-0.15, -0.1) is 0 Å². The van der Waals surface area contributed by atoms with Gasteiger partial charge in [0, 0.05) is 16.3 Å². The van der Waals surface area contributed by atoms with Crippen molar-refractivity contribution in [1.29, 1.82) is 0 Å². The first-order valence-electron chi connectivity index (χ1n) is 6.55. The van der Waals surface area contributed by atoms with Crippen molar-refractivity contribution in [2.75, 3.05) is 5.43 Å². The molecule has 5 heteroatoms. The summed E-state index contributed by atoms with van der Waals surface area (Å²) in [5, 5.41) is 0.706. The molecule has 0 spiro atoms. The fraction of sp³-hybridized carbons (Fsp3) is 0.0625. The van der Waals surface area contributed by atoms with E-state index in [0.717, 1.165) is 22.6 Å². The highest BCUT2D eigenvalue weighted by Gasteiger charge is 2.11. The molecule has 3 nitrogen and oxygen atoms in total. The lowest BCUT2D eigenvalue weighted by atomic mass is 10.1. The van der Waals surface area contributed by atoms with E-state index in [2.05, 4.69) is 22.5 Å². The Morgan fingerprint density at radius 1 is 1.05 bits per heavy atom. The monoisotopic (exact) mass is 315 g/mol. The Labute approximate surface area is 133 Å². The van der Waals surface area contributed by atoms with Crippen LogP contribution < -0.4 is 5.43 Å². The van der Waals surface area contributed by atoms with Crippen molar-refractivity contribution in [3.05, 3.63) is 70.1 Å². The molecule has 0 atom stereocenters. The second-order valence-corrected chi connectivity index (χ2v) is 5.55. The number of anilines is 1. The van der Waals surface area contributed by atoms with Gasteiger partial charge in [0.05, 0.1) is 11.4 Å². The fourth-order valence-corrected chi connectivity index (χ4v) is 2.66. The molecule has 0 aliphatic carbocycles. The number of nitrogens with zero attached hydrogens (tertiary/aromatic N) is 1. The van der Waals surface area contributed by atoms with Crippen molar-refractivity contribution in [2.45, 2.75) is 6.92 Å². The summed E-state index contributed by atoms with van der Waals surface area (Å²) in [7, 11) is 0. The summed E-state index contributed by atoms with van der Waals surface area (Å²) in [5.41, 5.74) is 7.38. The smallest absolute Gasteiger partial charge is 0.197 e. The average Bonchev–Trinajstić information content (AvgIpc) is 2.76. The van der Waals surface area contributed by atoms with Crippen LogP contribution in [0.4, 0.5) is 5.69 Å². The Hall–Kier alpha value is -2.04. The molecule has 0 radical (unpaired) electrons. The molecular formula is C16H14ClN3S. The Morgan fingerprint density at radius 3 is 2.38 bits per heavy atom. The van der Waals surface area contributed by atoms with Gasteiger partial charge < -0.3 is 4.98 Å². The second-order valence-electron chi connectivity index (χ2n) is 4.72. The van der Waals surface area contributed by atoms with E-state index in [1.54, 1.807) is 0 Å². The largest absolute Gasteiger partial charge is 0.333 e. The quantitative estimate of drug-likeness (QED) is 0.663. The minimum absolute atomic E-state index is 0.626. The average molecular weight is 316 g/mol. The van der Waals surface area contributed by atoms with E-state index in [1.165, 1.54) is 0 Å². The number of nitrogens with one attached hydrogen (secondary N) is 2. The zero-order valence-electron chi connectivity index (χ0n) is 11.4. The van der Waals surface area contributed by atoms with Crippen LogP contribution >= 0.6 is 23.8 Å². The fourth-order valence-electron chi connectivity index (χ4n) is 2.25. The van der Waals surface area contributed by atoms with Crippen molar-refractivity contribution in [2.24, 2.45) is 0 Å². The topological polar surface area (TPSA) is 32.8 Å². The lowest BCUT2D eigenvalue weighted by molar-refractivity contribution is 0.942. The van der Waals surface area contributed by atoms with Gasteiger partial charge in [-0.1, -0.05) is 41.9 Å². The number of benzene rings is 2. The van der Waals surface area contributed by atoms with Gasteiger partial charge in [-0.3, -0.25) is 5.43 Å². The van der Waals surface area contributed by atoms with E-state index in [4.69, 9.17) is 23.8 Å². The standard InChI is InChI=1S/C16H14ClN3S/c1-11-15(12-5-3-2-4-6-12)20(16(21)18-11)19-14-9-7-13(17)8-10-14/h2-10,19H,1H3,(H,18,21). The third-order valence-corrected chi connectivity index (χ3v) is 3.75. The predicted molar refractivity (Wildman–Crippen MR) is 90.3 cm³/mol. The molecule has 3 aromatic rings. The molecule has 0 amide bonds. The van der Waals surface area contributed by atoms with Gasteiger partial charge in [0.2, 0.25) is 0 Å². The first kappa shape index (κ1) is 13.9. The van der Waals surface area contributed by atoms with Crippen LogP contribution in [0.15, 0.2) is 54.6 Å². The maximum atomic E-state index is 5.92. The van der Waals surface area contributed by atoms with Crippen molar-refractivity contribution in [3.63, 3.8) is 0 Å². The number of rotatable bonds is 3. The maximum absolute atomic E-state index is 5.92. The summed E-state index contributed by atoms with van der Waals surface area (Å²) >= 11 is 11.3. The van der Waals surface area contributed by atoms with Crippen molar-refractivity contribution < 1.29 is 0 Å². The van der Waals surface area contributed by atoms with E-state index in [1.807, 2.05) is 54.1 Å². The number of hydrogen-bond acceptors (Lipinski definition) is 2. The van der Waals surface area contributed by atoms with Crippen LogP contribution in [-0.4, -0.2) is 9.66 Å². The predicted octanol–water partition coefficient (Wildman–Crippen LogP) is 5.05. The molecule has 0 unspecified atom stereocenters. The van der Waals surface area contributed by atoms with Gasteiger partial charge >= 0.3 is 0 Å². The molecule has 21 heavy (non-hydrogen) atoms. The van der Waals surface area contributed by atoms with Crippen LogP contribution in [0.25, 0.3) is 11.3 Å². The van der Waals surface area contributed by atoms with E-state index in [0.29, 0.717) is 9.79 Å². The minimum atomic E-state index is 0.626. The van der Waals surface area contributed by atoms with Crippen LogP contribution in [0.5, 0.6) is 0 Å². The molecule has 0 bridgehead atoms. The van der Waals surface area contributed by atoms with E-state index in [9.17, 15) is 0 Å². The molecule has 0 aliphatic rings. The van der Waals surface area contributed by atoms with Gasteiger partial charge in [-0.05, 0) is 43.4 Å². The van der Waals surface area contributed by atoms with Crippen LogP contribution in [0.2, 0.25) is 5.02 Å². The normalized spacial score (nSPS) is 10.6. The number of aromatic amines is 1. The highest BCUT2D eigenvalue weighted by molar-refractivity contribution is 7.71. The van der Waals surface area contributed by atoms with Crippen molar-refractivity contribution >= 4 is 29.5 Å². The highest BCUT2D eigenvalue weighted by Crippen LogP contribution is 2.24. The number of aryl methyl sites for hydroxylation is 1. The third-order valence-electron chi connectivity index (χ3n) is 3.21. The number of H-pyrrole nitrogens is 1. The highest BCUT2D eigenvalue weighted by atomic mass is 35.5. The Kier molecular flexibility index (Phi) is 3.82. The zero-order valence-corrected chi connectivity index (χ0v) is 13.0. The molecule has 2 N–H and O–H groups in total. The summed E-state index contributed by atoms with van der Waals surface area (Å²) in [5.74, 6) is 0. The van der Waals surface area contributed by atoms with Crippen LogP contribution in [0, 0.1) is 11.7 Å². The molecule has 2 aromatic carbocycles. The summed E-state index contributed by atoms with van der Waals surface area (Å²) < 4.78 is 2.50. The second kappa shape index (κ2) is 5.76. The first-order chi connectivity index (χ1) is 10.1. The van der Waals surface area contributed by atoms with E-state index >= 15 is 0 Å². The van der Waals surface area contributed by atoms with Gasteiger partial charge in [0.15, 0.2) is 4.77 Å². The summed E-state index contributed by atoms with van der Waals surface area (Å²) in [6.45, 7) is 2.01. The Balaban J connectivity index is 2.06. The lowest BCUT2D eigenvalue weighted by Gasteiger charge is -2.12. The molecule has 1 heterocycles. The third kappa shape index (κ3) is 2.86. The first-order valence-corrected chi connectivity index (χ1v) is 7.33. The number of aromatic nitrogens is 2. The zero-order chi connectivity index (χ0) is 14.8. The van der Waals surface area contributed by atoms with E-state index in [-0.39, 0.29) is 0 Å². The van der Waals surface area contributed by atoms with Gasteiger partial charge in [0.25, 0.3) is 0 Å². The molecule has 0 aliphatic heterocycles. The van der Waals surface area contributed by atoms with Crippen molar-refractivity contribution in [1.82, 2.24) is 9.66 Å². The maximum Gasteiger partial charge on any atom is 0.197 e.